The third kappa shape index (κ3) is 12.2. The van der Waals surface area contributed by atoms with Crippen LogP contribution in [0.2, 0.25) is 0 Å². The number of rotatable bonds is 8. The topological polar surface area (TPSA) is 170 Å². The van der Waals surface area contributed by atoms with Gasteiger partial charge in [0, 0.05) is 0 Å². The summed E-state index contributed by atoms with van der Waals surface area (Å²) < 4.78 is 32.1. The van der Waals surface area contributed by atoms with Crippen molar-refractivity contribution in [1.82, 2.24) is 0 Å². The smallest absolute Gasteiger partial charge is 0.309 e. The molecule has 0 aromatic rings. The Morgan fingerprint density at radius 2 is 0.974 bits per heavy atom. The van der Waals surface area contributed by atoms with Crippen LogP contribution in [-0.2, 0) is 38.0 Å². The second-order valence-corrected chi connectivity index (χ2v) is 12.4. The van der Waals surface area contributed by atoms with Gasteiger partial charge >= 0.3 is 11.9 Å². The molecule has 0 spiro atoms. The lowest BCUT2D eigenvalue weighted by atomic mass is 10.1. The van der Waals surface area contributed by atoms with Crippen LogP contribution in [0.15, 0.2) is 0 Å². The summed E-state index contributed by atoms with van der Waals surface area (Å²) >= 11 is 0. The van der Waals surface area contributed by atoms with Gasteiger partial charge in [-0.3, -0.25) is 9.59 Å². The first-order valence-corrected chi connectivity index (χ1v) is 12.8. The predicted octanol–water partition coefficient (Wildman–Crippen LogP) is 1.18. The van der Waals surface area contributed by atoms with E-state index >= 15 is 0 Å². The number of carbonyl (C=O) groups excluding carboxylic acids is 2. The molecule has 2 rings (SSSR count). The normalized spacial score (nSPS) is 28.2. The monoisotopic (exact) mass is 552 g/mol. The van der Waals surface area contributed by atoms with Crippen LogP contribution in [0.25, 0.3) is 0 Å². The largest absolute Gasteiger partial charge is 0.460 e. The summed E-state index contributed by atoms with van der Waals surface area (Å²) in [6.45, 7) is 16.7. The Morgan fingerprint density at radius 3 is 1.21 bits per heavy atom. The van der Waals surface area contributed by atoms with E-state index in [-0.39, 0.29) is 26.1 Å². The van der Waals surface area contributed by atoms with Crippen molar-refractivity contribution in [2.75, 3.05) is 13.2 Å². The summed E-state index contributed by atoms with van der Waals surface area (Å²) in [5, 5.41) is 38.5. The van der Waals surface area contributed by atoms with Gasteiger partial charge in [0.1, 0.15) is 35.6 Å². The van der Waals surface area contributed by atoms with Crippen molar-refractivity contribution in [1.29, 1.82) is 0 Å². The Labute approximate surface area is 225 Å². The highest BCUT2D eigenvalue weighted by molar-refractivity contribution is 5.71. The molecule has 224 valence electrons. The Balaban J connectivity index is 0.000000380. The maximum Gasteiger partial charge on any atom is 0.309 e. The molecular weight excluding hydrogens is 504 g/mol. The maximum absolute atomic E-state index is 11.6. The Morgan fingerprint density at radius 1 is 0.684 bits per heavy atom. The van der Waals surface area contributed by atoms with E-state index in [1.54, 1.807) is 69.2 Å². The van der Waals surface area contributed by atoms with E-state index in [1.165, 1.54) is 0 Å². The molecule has 0 unspecified atom stereocenters. The number of aliphatic hydroxyl groups excluding tert-OH is 4. The van der Waals surface area contributed by atoms with Crippen LogP contribution >= 0.6 is 0 Å². The molecule has 2 aliphatic heterocycles. The van der Waals surface area contributed by atoms with Gasteiger partial charge in [-0.1, -0.05) is 0 Å². The van der Waals surface area contributed by atoms with Crippen molar-refractivity contribution in [2.45, 2.75) is 141 Å². The summed E-state index contributed by atoms with van der Waals surface area (Å²) in [7, 11) is 0. The van der Waals surface area contributed by atoms with Gasteiger partial charge in [-0.05, 0) is 69.2 Å². The fraction of sp³-hybridized carbons (Fsp3) is 0.923. The van der Waals surface area contributed by atoms with Crippen molar-refractivity contribution >= 4 is 11.9 Å². The lowest BCUT2D eigenvalue weighted by molar-refractivity contribution is -0.167. The fourth-order valence-corrected chi connectivity index (χ4v) is 4.00. The van der Waals surface area contributed by atoms with Crippen molar-refractivity contribution in [3.8, 4) is 0 Å². The van der Waals surface area contributed by atoms with Crippen molar-refractivity contribution < 1.29 is 58.4 Å². The number of hydrogen-bond donors (Lipinski definition) is 4. The van der Waals surface area contributed by atoms with Crippen molar-refractivity contribution in [2.24, 2.45) is 0 Å². The lowest BCUT2D eigenvalue weighted by Gasteiger charge is -2.24. The SMILES string of the molecule is CC(C)(C)OC(=O)C[C@@H](O)[C@@H]1OC(C)(C)O[C@@H]1CO.CC(C)(C)OC(=O)C[C@@H](O)[C@@H]1OC(C)(C)O[C@@H]1CO. The molecule has 2 heterocycles. The summed E-state index contributed by atoms with van der Waals surface area (Å²) in [5.41, 5.74) is -1.20. The molecule has 0 saturated carbocycles. The molecule has 12 nitrogen and oxygen atoms in total. The number of aliphatic hydroxyl groups is 4. The van der Waals surface area contributed by atoms with Gasteiger partial charge in [0.25, 0.3) is 0 Å². The average Bonchev–Trinajstić information content (AvgIpc) is 3.20. The molecule has 12 heteroatoms. The zero-order valence-corrected chi connectivity index (χ0v) is 24.3. The molecule has 0 radical (unpaired) electrons. The number of ether oxygens (including phenoxy) is 6. The molecule has 0 amide bonds. The predicted molar refractivity (Wildman–Crippen MR) is 135 cm³/mol. The summed E-state index contributed by atoms with van der Waals surface area (Å²) in [4.78, 5) is 23.3. The zero-order valence-electron chi connectivity index (χ0n) is 24.3. The second-order valence-electron chi connectivity index (χ2n) is 12.4. The highest BCUT2D eigenvalue weighted by Gasteiger charge is 2.46. The van der Waals surface area contributed by atoms with Crippen LogP contribution in [0, 0.1) is 0 Å². The fourth-order valence-electron chi connectivity index (χ4n) is 4.00. The standard InChI is InChI=1S/2C13H24O6/c2*1-12(2,3)18-10(16)6-8(15)11-9(7-14)17-13(4,5)19-11/h2*8-9,11,14-15H,6-7H2,1-5H3/t2*8-,9-,11+/m11/s1. The second kappa shape index (κ2) is 13.3. The van der Waals surface area contributed by atoms with Gasteiger partial charge in [0.15, 0.2) is 11.6 Å². The van der Waals surface area contributed by atoms with Gasteiger partial charge in [-0.15, -0.1) is 0 Å². The molecule has 0 aromatic heterocycles. The third-order valence-electron chi connectivity index (χ3n) is 5.15. The molecule has 2 saturated heterocycles. The van der Waals surface area contributed by atoms with Crippen LogP contribution in [0.4, 0.5) is 0 Å². The molecule has 0 aromatic carbocycles. The molecule has 0 aliphatic carbocycles. The van der Waals surface area contributed by atoms with E-state index in [9.17, 15) is 30.0 Å². The summed E-state index contributed by atoms with van der Waals surface area (Å²) in [5.74, 6) is -2.78. The zero-order chi connectivity index (χ0) is 29.7. The number of carbonyl (C=O) groups is 2. The first kappa shape index (κ1) is 34.6. The minimum absolute atomic E-state index is 0.197. The summed E-state index contributed by atoms with van der Waals surface area (Å²) in [6, 6.07) is 0. The molecular formula is C26H48O12. The molecule has 2 aliphatic rings. The van der Waals surface area contributed by atoms with Gasteiger partial charge < -0.3 is 48.8 Å². The van der Waals surface area contributed by atoms with Crippen LogP contribution < -0.4 is 0 Å². The quantitative estimate of drug-likeness (QED) is 0.318. The van der Waals surface area contributed by atoms with Crippen LogP contribution in [0.1, 0.15) is 82.1 Å². The Kier molecular flexibility index (Phi) is 12.1. The third-order valence-corrected chi connectivity index (χ3v) is 5.15. The van der Waals surface area contributed by atoms with Crippen LogP contribution in [0.3, 0.4) is 0 Å². The van der Waals surface area contributed by atoms with E-state index < -0.39 is 71.3 Å². The lowest BCUT2D eigenvalue weighted by Crippen LogP contribution is -2.39. The Bertz CT molecular complexity index is 703. The summed E-state index contributed by atoms with van der Waals surface area (Å²) in [6.07, 6.45) is -5.32. The number of hydrogen-bond acceptors (Lipinski definition) is 12. The molecule has 4 N–H and O–H groups in total. The van der Waals surface area contributed by atoms with Crippen LogP contribution in [0.5, 0.6) is 0 Å². The van der Waals surface area contributed by atoms with Gasteiger partial charge in [-0.25, -0.2) is 0 Å². The van der Waals surface area contributed by atoms with Gasteiger partial charge in [0.2, 0.25) is 0 Å². The van der Waals surface area contributed by atoms with E-state index in [0.717, 1.165) is 0 Å². The number of esters is 2. The van der Waals surface area contributed by atoms with Gasteiger partial charge in [-0.2, -0.15) is 0 Å². The van der Waals surface area contributed by atoms with E-state index in [2.05, 4.69) is 0 Å². The highest BCUT2D eigenvalue weighted by Crippen LogP contribution is 2.32. The minimum atomic E-state index is -1.08. The first-order valence-electron chi connectivity index (χ1n) is 12.8. The van der Waals surface area contributed by atoms with Crippen molar-refractivity contribution in [3.05, 3.63) is 0 Å². The molecule has 2 fully saturated rings. The van der Waals surface area contributed by atoms with E-state index in [1.807, 2.05) is 0 Å². The highest BCUT2D eigenvalue weighted by atomic mass is 16.8. The van der Waals surface area contributed by atoms with Crippen LogP contribution in [-0.4, -0.2) is 105 Å². The van der Waals surface area contributed by atoms with E-state index in [0.29, 0.717) is 0 Å². The molecule has 0 bridgehead atoms. The molecule has 6 atom stereocenters. The molecule has 38 heavy (non-hydrogen) atoms. The van der Waals surface area contributed by atoms with Crippen molar-refractivity contribution in [3.63, 3.8) is 0 Å². The van der Waals surface area contributed by atoms with E-state index in [4.69, 9.17) is 28.4 Å². The maximum atomic E-state index is 11.6. The average molecular weight is 553 g/mol. The first-order chi connectivity index (χ1) is 17.1. The van der Waals surface area contributed by atoms with Gasteiger partial charge in [0.05, 0.1) is 38.3 Å². The Hall–Kier alpha value is -1.38. The minimum Gasteiger partial charge on any atom is -0.460 e.